The summed E-state index contributed by atoms with van der Waals surface area (Å²) in [6.07, 6.45) is -4.83. The van der Waals surface area contributed by atoms with E-state index in [0.29, 0.717) is 6.07 Å². The van der Waals surface area contributed by atoms with E-state index in [0.717, 1.165) is 6.07 Å². The third-order valence-electron chi connectivity index (χ3n) is 2.35. The first-order chi connectivity index (χ1) is 8.12. The SMILES string of the molecule is CC(=O)N[C@H](C)c1cc(N)c(F)c(C(F)(F)F)c1. The third-order valence-corrected chi connectivity index (χ3v) is 2.35. The number of benzene rings is 1. The van der Waals surface area contributed by atoms with Gasteiger partial charge in [-0.05, 0) is 24.6 Å². The van der Waals surface area contributed by atoms with Crippen molar-refractivity contribution >= 4 is 11.6 Å². The number of alkyl halides is 3. The molecule has 1 aromatic rings. The molecule has 0 aliphatic rings. The lowest BCUT2D eigenvalue weighted by atomic mass is 10.0. The Morgan fingerprint density at radius 2 is 1.94 bits per heavy atom. The summed E-state index contributed by atoms with van der Waals surface area (Å²) in [6.45, 7) is 2.71. The molecule has 100 valence electrons. The van der Waals surface area contributed by atoms with E-state index in [1.165, 1.54) is 13.8 Å². The van der Waals surface area contributed by atoms with Gasteiger partial charge in [0.1, 0.15) is 0 Å². The molecule has 0 heterocycles. The van der Waals surface area contributed by atoms with Crippen molar-refractivity contribution in [3.63, 3.8) is 0 Å². The van der Waals surface area contributed by atoms with Gasteiger partial charge < -0.3 is 11.1 Å². The van der Waals surface area contributed by atoms with Crippen LogP contribution in [0.3, 0.4) is 0 Å². The third kappa shape index (κ3) is 3.12. The second-order valence-electron chi connectivity index (χ2n) is 3.89. The van der Waals surface area contributed by atoms with E-state index in [-0.39, 0.29) is 5.56 Å². The Balaban J connectivity index is 3.24. The molecule has 0 aliphatic carbocycles. The number of nitrogen functional groups attached to an aromatic ring is 1. The molecule has 3 nitrogen and oxygen atoms in total. The normalized spacial score (nSPS) is 13.2. The van der Waals surface area contributed by atoms with Gasteiger partial charge >= 0.3 is 6.18 Å². The molecule has 1 atom stereocenters. The first-order valence-corrected chi connectivity index (χ1v) is 5.06. The van der Waals surface area contributed by atoms with Crippen molar-refractivity contribution in [3.05, 3.63) is 29.1 Å². The monoisotopic (exact) mass is 264 g/mol. The average Bonchev–Trinajstić information content (AvgIpc) is 2.18. The van der Waals surface area contributed by atoms with E-state index >= 15 is 0 Å². The lowest BCUT2D eigenvalue weighted by Gasteiger charge is -2.17. The van der Waals surface area contributed by atoms with Crippen LogP contribution in [-0.2, 0) is 11.0 Å². The molecule has 1 amide bonds. The average molecular weight is 264 g/mol. The molecule has 0 aliphatic heterocycles. The summed E-state index contributed by atoms with van der Waals surface area (Å²) < 4.78 is 50.9. The Morgan fingerprint density at radius 1 is 1.39 bits per heavy atom. The summed E-state index contributed by atoms with van der Waals surface area (Å²) in [5.41, 5.74) is 3.26. The van der Waals surface area contributed by atoms with Crippen molar-refractivity contribution in [2.24, 2.45) is 0 Å². The highest BCUT2D eigenvalue weighted by atomic mass is 19.4. The summed E-state index contributed by atoms with van der Waals surface area (Å²) in [6, 6.07) is 1.03. The standard InChI is InChI=1S/C11H12F4N2O/c1-5(17-6(2)18)7-3-8(11(13,14)15)10(12)9(16)4-7/h3-5H,16H2,1-2H3,(H,17,18)/t5-/m1/s1. The van der Waals surface area contributed by atoms with Crippen LogP contribution in [0.2, 0.25) is 0 Å². The predicted molar refractivity (Wildman–Crippen MR) is 58.0 cm³/mol. The molecule has 0 aromatic heterocycles. The minimum Gasteiger partial charge on any atom is -0.396 e. The van der Waals surface area contributed by atoms with Gasteiger partial charge in [-0.3, -0.25) is 4.79 Å². The molecule has 7 heteroatoms. The Kier molecular flexibility index (Phi) is 3.83. The molecule has 1 aromatic carbocycles. The van der Waals surface area contributed by atoms with Crippen LogP contribution in [-0.4, -0.2) is 5.91 Å². The highest BCUT2D eigenvalue weighted by Gasteiger charge is 2.35. The minimum absolute atomic E-state index is 0.0939. The second kappa shape index (κ2) is 4.83. The van der Waals surface area contributed by atoms with Crippen LogP contribution in [0, 0.1) is 5.82 Å². The molecule has 1 rings (SSSR count). The molecule has 0 bridgehead atoms. The molecule has 18 heavy (non-hydrogen) atoms. The van der Waals surface area contributed by atoms with Crippen LogP contribution in [0.25, 0.3) is 0 Å². The maximum atomic E-state index is 13.3. The van der Waals surface area contributed by atoms with Crippen molar-refractivity contribution in [1.82, 2.24) is 5.32 Å². The van der Waals surface area contributed by atoms with Gasteiger partial charge in [0.25, 0.3) is 0 Å². The molecule has 0 radical (unpaired) electrons. The van der Waals surface area contributed by atoms with Gasteiger partial charge in [-0.1, -0.05) is 0 Å². The van der Waals surface area contributed by atoms with Crippen molar-refractivity contribution in [1.29, 1.82) is 0 Å². The summed E-state index contributed by atoms with van der Waals surface area (Å²) in [4.78, 5) is 10.8. The molecular weight excluding hydrogens is 252 g/mol. The largest absolute Gasteiger partial charge is 0.419 e. The lowest BCUT2D eigenvalue weighted by molar-refractivity contribution is -0.139. The van der Waals surface area contributed by atoms with E-state index in [1.54, 1.807) is 0 Å². The number of carbonyl (C=O) groups excluding carboxylic acids is 1. The van der Waals surface area contributed by atoms with E-state index in [1.807, 2.05) is 0 Å². The van der Waals surface area contributed by atoms with Crippen LogP contribution >= 0.6 is 0 Å². The number of halogens is 4. The topological polar surface area (TPSA) is 55.1 Å². The fourth-order valence-electron chi connectivity index (χ4n) is 1.51. The fraction of sp³-hybridized carbons (Fsp3) is 0.364. The van der Waals surface area contributed by atoms with E-state index in [9.17, 15) is 22.4 Å². The van der Waals surface area contributed by atoms with E-state index < -0.39 is 35.2 Å². The number of rotatable bonds is 2. The first-order valence-electron chi connectivity index (χ1n) is 5.06. The van der Waals surface area contributed by atoms with Gasteiger partial charge in [0, 0.05) is 6.92 Å². The lowest BCUT2D eigenvalue weighted by Crippen LogP contribution is -2.24. The van der Waals surface area contributed by atoms with Crippen LogP contribution in [0.15, 0.2) is 12.1 Å². The van der Waals surface area contributed by atoms with Crippen molar-refractivity contribution in [2.45, 2.75) is 26.1 Å². The summed E-state index contributed by atoms with van der Waals surface area (Å²) >= 11 is 0. The summed E-state index contributed by atoms with van der Waals surface area (Å²) in [7, 11) is 0. The summed E-state index contributed by atoms with van der Waals surface area (Å²) in [5, 5.41) is 2.40. The molecule has 0 saturated heterocycles. The Bertz CT molecular complexity index is 471. The highest BCUT2D eigenvalue weighted by molar-refractivity contribution is 5.73. The van der Waals surface area contributed by atoms with Crippen LogP contribution < -0.4 is 11.1 Å². The molecular formula is C11H12F4N2O. The molecule has 0 unspecified atom stereocenters. The second-order valence-corrected chi connectivity index (χ2v) is 3.89. The molecule has 0 saturated carbocycles. The van der Waals surface area contributed by atoms with Gasteiger partial charge in [-0.15, -0.1) is 0 Å². The predicted octanol–water partition coefficient (Wildman–Crippen LogP) is 2.62. The van der Waals surface area contributed by atoms with E-state index in [2.05, 4.69) is 5.32 Å². The Labute approximate surface area is 101 Å². The zero-order valence-electron chi connectivity index (χ0n) is 9.73. The number of carbonyl (C=O) groups is 1. The zero-order valence-corrected chi connectivity index (χ0v) is 9.73. The van der Waals surface area contributed by atoms with Crippen molar-refractivity contribution < 1.29 is 22.4 Å². The van der Waals surface area contributed by atoms with Gasteiger partial charge in [-0.2, -0.15) is 13.2 Å². The van der Waals surface area contributed by atoms with E-state index in [4.69, 9.17) is 5.73 Å². The number of hydrogen-bond acceptors (Lipinski definition) is 2. The fourth-order valence-corrected chi connectivity index (χ4v) is 1.51. The number of nitrogens with one attached hydrogen (secondary N) is 1. The maximum Gasteiger partial charge on any atom is 0.419 e. The highest BCUT2D eigenvalue weighted by Crippen LogP contribution is 2.35. The smallest absolute Gasteiger partial charge is 0.396 e. The number of hydrogen-bond donors (Lipinski definition) is 2. The van der Waals surface area contributed by atoms with Crippen LogP contribution in [0.5, 0.6) is 0 Å². The molecule has 3 N–H and O–H groups in total. The van der Waals surface area contributed by atoms with Crippen LogP contribution in [0.1, 0.15) is 31.0 Å². The van der Waals surface area contributed by atoms with Gasteiger partial charge in [-0.25, -0.2) is 4.39 Å². The Hall–Kier alpha value is -1.79. The first kappa shape index (κ1) is 14.3. The Morgan fingerprint density at radius 3 is 2.39 bits per heavy atom. The van der Waals surface area contributed by atoms with Crippen molar-refractivity contribution in [2.75, 3.05) is 5.73 Å². The van der Waals surface area contributed by atoms with Gasteiger partial charge in [0.2, 0.25) is 5.91 Å². The quantitative estimate of drug-likeness (QED) is 0.637. The number of anilines is 1. The maximum absolute atomic E-state index is 13.3. The molecule has 0 fully saturated rings. The van der Waals surface area contributed by atoms with Crippen LogP contribution in [0.4, 0.5) is 23.2 Å². The summed E-state index contributed by atoms with van der Waals surface area (Å²) in [5.74, 6) is -1.90. The molecule has 0 spiro atoms. The number of nitrogens with two attached hydrogens (primary N) is 1. The van der Waals surface area contributed by atoms with Crippen molar-refractivity contribution in [3.8, 4) is 0 Å². The minimum atomic E-state index is -4.83. The zero-order chi connectivity index (χ0) is 14.1. The van der Waals surface area contributed by atoms with Gasteiger partial charge in [0.15, 0.2) is 5.82 Å². The number of amides is 1. The van der Waals surface area contributed by atoms with Gasteiger partial charge in [0.05, 0.1) is 17.3 Å².